The molecule has 1 saturated carbocycles. The van der Waals surface area contributed by atoms with E-state index in [2.05, 4.69) is 16.3 Å². The smallest absolute Gasteiger partial charge is 0.255 e. The van der Waals surface area contributed by atoms with Gasteiger partial charge in [0.2, 0.25) is 5.91 Å². The molecule has 4 atom stereocenters. The number of rotatable bonds is 5. The minimum Gasteiger partial charge on any atom is -0.489 e. The SMILES string of the molecule is N#Cc1cc(F)ccc1C1CN([C@@H]2CCCC[C@@H]2Oc2ccc3c(c2)CN([C@@H]2CCC(O)NC2=O)C3=O)C1. The topological polar surface area (TPSA) is 106 Å². The Hall–Kier alpha value is -3.48. The van der Waals surface area contributed by atoms with Crippen molar-refractivity contribution >= 4 is 11.8 Å². The number of aliphatic hydroxyl groups excluding tert-OH is 1. The number of piperidine rings is 1. The van der Waals surface area contributed by atoms with Gasteiger partial charge < -0.3 is 20.1 Å². The number of amides is 2. The largest absolute Gasteiger partial charge is 0.489 e. The molecule has 198 valence electrons. The average Bonchev–Trinajstić information content (AvgIpc) is 3.20. The zero-order chi connectivity index (χ0) is 26.4. The summed E-state index contributed by atoms with van der Waals surface area (Å²) in [6.45, 7) is 1.98. The third kappa shape index (κ3) is 4.52. The van der Waals surface area contributed by atoms with Crippen LogP contribution in [0.25, 0.3) is 0 Å². The Morgan fingerprint density at radius 1 is 1.05 bits per heavy atom. The van der Waals surface area contributed by atoms with E-state index in [1.54, 1.807) is 17.0 Å². The van der Waals surface area contributed by atoms with Gasteiger partial charge in [-0.05, 0) is 73.6 Å². The van der Waals surface area contributed by atoms with Gasteiger partial charge in [0.05, 0.1) is 11.6 Å². The highest BCUT2D eigenvalue weighted by Crippen LogP contribution is 2.37. The third-order valence-corrected chi connectivity index (χ3v) is 8.52. The molecule has 3 heterocycles. The molecule has 2 aromatic carbocycles. The number of halogens is 1. The van der Waals surface area contributed by atoms with E-state index in [4.69, 9.17) is 4.74 Å². The zero-order valence-corrected chi connectivity index (χ0v) is 21.1. The maximum Gasteiger partial charge on any atom is 0.255 e. The van der Waals surface area contributed by atoms with E-state index >= 15 is 0 Å². The fourth-order valence-corrected chi connectivity index (χ4v) is 6.49. The molecule has 38 heavy (non-hydrogen) atoms. The highest BCUT2D eigenvalue weighted by atomic mass is 19.1. The molecule has 0 bridgehead atoms. The van der Waals surface area contributed by atoms with Crippen LogP contribution in [0, 0.1) is 17.1 Å². The first-order valence-corrected chi connectivity index (χ1v) is 13.4. The van der Waals surface area contributed by atoms with Crippen LogP contribution in [0.5, 0.6) is 5.75 Å². The normalized spacial score (nSPS) is 27.9. The van der Waals surface area contributed by atoms with E-state index in [9.17, 15) is 24.3 Å². The van der Waals surface area contributed by atoms with Crippen molar-refractivity contribution in [3.8, 4) is 11.8 Å². The molecule has 9 heteroatoms. The molecular weight excluding hydrogens is 487 g/mol. The first-order valence-electron chi connectivity index (χ1n) is 13.4. The van der Waals surface area contributed by atoms with Gasteiger partial charge >= 0.3 is 0 Å². The number of carbonyl (C=O) groups excluding carboxylic acids is 2. The minimum atomic E-state index is -0.854. The van der Waals surface area contributed by atoms with Crippen molar-refractivity contribution in [3.05, 3.63) is 64.5 Å². The van der Waals surface area contributed by atoms with Crippen molar-refractivity contribution in [3.63, 3.8) is 0 Å². The van der Waals surface area contributed by atoms with Crippen LogP contribution in [-0.4, -0.2) is 64.2 Å². The molecule has 3 fully saturated rings. The number of nitrogens with one attached hydrogen (secondary N) is 1. The minimum absolute atomic E-state index is 0.0187. The van der Waals surface area contributed by atoms with Crippen molar-refractivity contribution in [2.45, 2.75) is 75.4 Å². The lowest BCUT2D eigenvalue weighted by atomic mass is 9.83. The predicted molar refractivity (Wildman–Crippen MR) is 136 cm³/mol. The molecule has 3 aliphatic heterocycles. The lowest BCUT2D eigenvalue weighted by Gasteiger charge is -2.48. The number of benzene rings is 2. The van der Waals surface area contributed by atoms with Gasteiger partial charge in [0.25, 0.3) is 5.91 Å². The summed E-state index contributed by atoms with van der Waals surface area (Å²) in [5, 5.41) is 21.6. The van der Waals surface area contributed by atoms with Crippen LogP contribution in [0.2, 0.25) is 0 Å². The molecule has 1 unspecified atom stereocenters. The van der Waals surface area contributed by atoms with Crippen molar-refractivity contribution in [1.82, 2.24) is 15.1 Å². The summed E-state index contributed by atoms with van der Waals surface area (Å²) in [4.78, 5) is 29.4. The molecule has 4 aliphatic rings. The molecule has 8 nitrogen and oxygen atoms in total. The van der Waals surface area contributed by atoms with Gasteiger partial charge in [0.15, 0.2) is 0 Å². The van der Waals surface area contributed by atoms with Gasteiger partial charge in [0.1, 0.15) is 29.9 Å². The van der Waals surface area contributed by atoms with Crippen LogP contribution in [0.3, 0.4) is 0 Å². The second-order valence-corrected chi connectivity index (χ2v) is 10.9. The van der Waals surface area contributed by atoms with Crippen molar-refractivity contribution in [2.24, 2.45) is 0 Å². The monoisotopic (exact) mass is 518 g/mol. The number of ether oxygens (including phenoxy) is 1. The number of aliphatic hydroxyl groups is 1. The Kier molecular flexibility index (Phi) is 6.54. The Labute approximate surface area is 221 Å². The highest BCUT2D eigenvalue weighted by molar-refractivity contribution is 6.01. The molecule has 1 aliphatic carbocycles. The number of nitrogens with zero attached hydrogens (tertiary/aromatic N) is 3. The second-order valence-electron chi connectivity index (χ2n) is 10.9. The quantitative estimate of drug-likeness (QED) is 0.631. The van der Waals surface area contributed by atoms with Crippen LogP contribution in [0.1, 0.15) is 71.5 Å². The van der Waals surface area contributed by atoms with Crippen LogP contribution >= 0.6 is 0 Å². The summed E-state index contributed by atoms with van der Waals surface area (Å²) in [7, 11) is 0. The summed E-state index contributed by atoms with van der Waals surface area (Å²) in [5.74, 6) is 0.0656. The standard InChI is InChI=1S/C29H31FN4O4/c30-20-5-7-22(17(11-20)13-31)19-14-33(15-19)24-3-1-2-4-26(24)38-21-6-8-23-18(12-21)16-34(29(23)37)25-9-10-27(35)32-28(25)36/h5-8,11-12,19,24-27,35H,1-4,9-10,14-16H2,(H,32,36)/t24-,25-,26+,27?/m1/s1. The first kappa shape index (κ1) is 24.8. The Balaban J connectivity index is 1.12. The first-order chi connectivity index (χ1) is 18.4. The lowest BCUT2D eigenvalue weighted by Crippen LogP contribution is -2.57. The number of fused-ring (bicyclic) bond motifs is 1. The van der Waals surface area contributed by atoms with Gasteiger partial charge in [-0.2, -0.15) is 5.26 Å². The van der Waals surface area contributed by atoms with Crippen molar-refractivity contribution in [1.29, 1.82) is 5.26 Å². The zero-order valence-electron chi connectivity index (χ0n) is 21.1. The molecule has 2 saturated heterocycles. The van der Waals surface area contributed by atoms with Crippen molar-refractivity contribution < 1.29 is 23.8 Å². The summed E-state index contributed by atoms with van der Waals surface area (Å²) >= 11 is 0. The Morgan fingerprint density at radius 2 is 1.87 bits per heavy atom. The molecule has 2 aromatic rings. The van der Waals surface area contributed by atoms with Gasteiger partial charge in [-0.1, -0.05) is 12.5 Å². The fraction of sp³-hybridized carbons (Fsp3) is 0.483. The molecule has 2 N–H and O–H groups in total. The van der Waals surface area contributed by atoms with Crippen LogP contribution < -0.4 is 10.1 Å². The number of hydrogen-bond donors (Lipinski definition) is 2. The fourth-order valence-electron chi connectivity index (χ4n) is 6.49. The maximum atomic E-state index is 13.6. The molecule has 0 spiro atoms. The summed E-state index contributed by atoms with van der Waals surface area (Å²) in [6, 6.07) is 11.8. The van der Waals surface area contributed by atoms with E-state index < -0.39 is 12.3 Å². The second kappa shape index (κ2) is 10.0. The molecule has 6 rings (SSSR count). The lowest BCUT2D eigenvalue weighted by molar-refractivity contribution is -0.132. The van der Waals surface area contributed by atoms with E-state index in [-0.39, 0.29) is 35.7 Å². The number of carbonyl (C=O) groups is 2. The maximum absolute atomic E-state index is 13.6. The van der Waals surface area contributed by atoms with Gasteiger partial charge in [0, 0.05) is 37.2 Å². The molecule has 2 amide bonds. The van der Waals surface area contributed by atoms with E-state index in [0.29, 0.717) is 30.5 Å². The predicted octanol–water partition coefficient (Wildman–Crippen LogP) is 3.04. The van der Waals surface area contributed by atoms with Gasteiger partial charge in [-0.15, -0.1) is 0 Å². The van der Waals surface area contributed by atoms with Crippen LogP contribution in [0.4, 0.5) is 4.39 Å². The Bertz CT molecular complexity index is 1300. The Morgan fingerprint density at radius 3 is 2.66 bits per heavy atom. The molecule has 0 aromatic heterocycles. The van der Waals surface area contributed by atoms with Gasteiger partial charge in [-0.25, -0.2) is 4.39 Å². The number of nitriles is 1. The molecular formula is C29H31FN4O4. The third-order valence-electron chi connectivity index (χ3n) is 8.52. The number of likely N-dealkylation sites (tertiary alicyclic amines) is 1. The summed E-state index contributed by atoms with van der Waals surface area (Å²) in [5.41, 5.74) is 2.76. The van der Waals surface area contributed by atoms with Crippen molar-refractivity contribution in [2.75, 3.05) is 13.1 Å². The van der Waals surface area contributed by atoms with Crippen LogP contribution in [0.15, 0.2) is 36.4 Å². The highest BCUT2D eigenvalue weighted by Gasteiger charge is 2.41. The average molecular weight is 519 g/mol. The summed E-state index contributed by atoms with van der Waals surface area (Å²) in [6.07, 6.45) is 4.23. The summed E-state index contributed by atoms with van der Waals surface area (Å²) < 4.78 is 20.1. The van der Waals surface area contributed by atoms with Gasteiger partial charge in [-0.3, -0.25) is 14.5 Å². The van der Waals surface area contributed by atoms with E-state index in [0.717, 1.165) is 55.6 Å². The molecule has 0 radical (unpaired) electrons. The van der Waals surface area contributed by atoms with Crippen LogP contribution in [-0.2, 0) is 11.3 Å². The number of hydrogen-bond acceptors (Lipinski definition) is 6. The van der Waals surface area contributed by atoms with E-state index in [1.807, 2.05) is 12.1 Å². The van der Waals surface area contributed by atoms with E-state index in [1.165, 1.54) is 12.1 Å².